The van der Waals surface area contributed by atoms with Gasteiger partial charge in [-0.25, -0.2) is 9.78 Å². The molecule has 0 aliphatic carbocycles. The van der Waals surface area contributed by atoms with Crippen molar-refractivity contribution in [1.29, 1.82) is 0 Å². The Hall–Kier alpha value is -2.96. The molecule has 1 aromatic carbocycles. The number of carboxylic acid groups (broad SMARTS) is 1. The van der Waals surface area contributed by atoms with E-state index < -0.39 is 5.97 Å². The Kier molecular flexibility index (Phi) is 5.23. The normalized spacial score (nSPS) is 14.4. The van der Waals surface area contributed by atoms with Crippen molar-refractivity contribution < 1.29 is 14.7 Å². The standard InChI is InChI=1S/C18H20N4O3/c23-17(6-5-14-3-1-2-4-15(14)18(24)25)22-11-9-21(10-12-22)16-13-19-7-8-20-16/h1-4,7-8,13H,5-6,9-12H2,(H,24,25). The predicted molar refractivity (Wildman–Crippen MR) is 92.5 cm³/mol. The SMILES string of the molecule is O=C(O)c1ccccc1CCC(=O)N1CCN(c2cnccn2)CC1. The molecule has 1 N–H and O–H groups in total. The van der Waals surface area contributed by atoms with Crippen molar-refractivity contribution >= 4 is 17.7 Å². The lowest BCUT2D eigenvalue weighted by atomic mass is 10.0. The van der Waals surface area contributed by atoms with Gasteiger partial charge in [-0.2, -0.15) is 0 Å². The topological polar surface area (TPSA) is 86.6 Å². The average molecular weight is 340 g/mol. The molecular weight excluding hydrogens is 320 g/mol. The van der Waals surface area contributed by atoms with E-state index in [0.29, 0.717) is 31.5 Å². The number of carboxylic acids is 1. The molecule has 1 aliphatic heterocycles. The van der Waals surface area contributed by atoms with Gasteiger partial charge in [0.25, 0.3) is 0 Å². The number of carbonyl (C=O) groups excluding carboxylic acids is 1. The third kappa shape index (κ3) is 4.12. The minimum absolute atomic E-state index is 0.0546. The van der Waals surface area contributed by atoms with Crippen LogP contribution in [0.5, 0.6) is 0 Å². The summed E-state index contributed by atoms with van der Waals surface area (Å²) in [6, 6.07) is 6.83. The third-order valence-electron chi connectivity index (χ3n) is 4.36. The number of hydrogen-bond donors (Lipinski definition) is 1. The molecular formula is C18H20N4O3. The molecule has 0 saturated carbocycles. The van der Waals surface area contributed by atoms with Gasteiger partial charge in [-0.15, -0.1) is 0 Å². The Morgan fingerprint density at radius 1 is 1.08 bits per heavy atom. The Morgan fingerprint density at radius 3 is 2.52 bits per heavy atom. The van der Waals surface area contributed by atoms with E-state index in [1.54, 1.807) is 42.9 Å². The molecule has 1 aliphatic rings. The zero-order valence-corrected chi connectivity index (χ0v) is 13.8. The zero-order valence-electron chi connectivity index (χ0n) is 13.8. The number of aromatic nitrogens is 2. The number of hydrogen-bond acceptors (Lipinski definition) is 5. The van der Waals surface area contributed by atoms with Crippen molar-refractivity contribution in [2.24, 2.45) is 0 Å². The van der Waals surface area contributed by atoms with Gasteiger partial charge < -0.3 is 14.9 Å². The molecule has 3 rings (SSSR count). The summed E-state index contributed by atoms with van der Waals surface area (Å²) in [4.78, 5) is 35.9. The molecule has 1 saturated heterocycles. The first-order valence-corrected chi connectivity index (χ1v) is 8.25. The van der Waals surface area contributed by atoms with E-state index in [0.717, 1.165) is 18.9 Å². The van der Waals surface area contributed by atoms with Crippen LogP contribution in [0.2, 0.25) is 0 Å². The lowest BCUT2D eigenvalue weighted by molar-refractivity contribution is -0.131. The highest BCUT2D eigenvalue weighted by Gasteiger charge is 2.22. The Bertz CT molecular complexity index is 743. The van der Waals surface area contributed by atoms with Crippen LogP contribution in [0.25, 0.3) is 0 Å². The molecule has 0 spiro atoms. The number of carbonyl (C=O) groups is 2. The maximum atomic E-state index is 12.4. The molecule has 1 amide bonds. The van der Waals surface area contributed by atoms with Crippen LogP contribution in [0, 0.1) is 0 Å². The minimum Gasteiger partial charge on any atom is -0.478 e. The van der Waals surface area contributed by atoms with Crippen LogP contribution in [0.15, 0.2) is 42.9 Å². The first-order valence-electron chi connectivity index (χ1n) is 8.25. The number of benzene rings is 1. The molecule has 0 unspecified atom stereocenters. The van der Waals surface area contributed by atoms with E-state index in [9.17, 15) is 14.7 Å². The smallest absolute Gasteiger partial charge is 0.335 e. The number of aryl methyl sites for hydroxylation is 1. The van der Waals surface area contributed by atoms with Crippen molar-refractivity contribution in [1.82, 2.24) is 14.9 Å². The summed E-state index contributed by atoms with van der Waals surface area (Å²) in [6.45, 7) is 2.71. The van der Waals surface area contributed by atoms with Gasteiger partial charge in [0.15, 0.2) is 0 Å². The Labute approximate surface area is 145 Å². The predicted octanol–water partition coefficient (Wildman–Crippen LogP) is 1.46. The maximum absolute atomic E-state index is 12.4. The highest BCUT2D eigenvalue weighted by Crippen LogP contribution is 2.15. The lowest BCUT2D eigenvalue weighted by Gasteiger charge is -2.35. The minimum atomic E-state index is -0.958. The Balaban J connectivity index is 1.53. The summed E-state index contributed by atoms with van der Waals surface area (Å²) >= 11 is 0. The summed E-state index contributed by atoms with van der Waals surface area (Å²) in [5, 5.41) is 9.21. The number of aromatic carboxylic acids is 1. The van der Waals surface area contributed by atoms with Crippen molar-refractivity contribution in [3.05, 3.63) is 54.0 Å². The van der Waals surface area contributed by atoms with Crippen LogP contribution < -0.4 is 4.90 Å². The molecule has 7 heteroatoms. The van der Waals surface area contributed by atoms with Crippen LogP contribution in [0.1, 0.15) is 22.3 Å². The monoisotopic (exact) mass is 340 g/mol. The highest BCUT2D eigenvalue weighted by atomic mass is 16.4. The number of piperazine rings is 1. The van der Waals surface area contributed by atoms with Crippen molar-refractivity contribution in [2.45, 2.75) is 12.8 Å². The molecule has 2 aromatic rings. The van der Waals surface area contributed by atoms with E-state index in [-0.39, 0.29) is 11.5 Å². The van der Waals surface area contributed by atoms with Gasteiger partial charge in [0, 0.05) is 45.0 Å². The molecule has 130 valence electrons. The number of nitrogens with zero attached hydrogens (tertiary/aromatic N) is 4. The number of anilines is 1. The average Bonchev–Trinajstić information content (AvgIpc) is 2.67. The third-order valence-corrected chi connectivity index (χ3v) is 4.36. The van der Waals surface area contributed by atoms with Crippen LogP contribution in [0.4, 0.5) is 5.82 Å². The Morgan fingerprint density at radius 2 is 1.84 bits per heavy atom. The van der Waals surface area contributed by atoms with Crippen molar-refractivity contribution in [3.63, 3.8) is 0 Å². The van der Waals surface area contributed by atoms with Gasteiger partial charge in [0.1, 0.15) is 5.82 Å². The molecule has 0 radical (unpaired) electrons. The summed E-state index contributed by atoms with van der Waals surface area (Å²) < 4.78 is 0. The highest BCUT2D eigenvalue weighted by molar-refractivity contribution is 5.89. The van der Waals surface area contributed by atoms with Gasteiger partial charge in [0.2, 0.25) is 5.91 Å². The van der Waals surface area contributed by atoms with Gasteiger partial charge in [-0.05, 0) is 18.1 Å². The molecule has 1 aromatic heterocycles. The zero-order chi connectivity index (χ0) is 17.6. The fourth-order valence-electron chi connectivity index (χ4n) is 2.99. The second-order valence-corrected chi connectivity index (χ2v) is 5.89. The number of amides is 1. The summed E-state index contributed by atoms with van der Waals surface area (Å²) in [7, 11) is 0. The van der Waals surface area contributed by atoms with E-state index >= 15 is 0 Å². The molecule has 1 fully saturated rings. The first kappa shape index (κ1) is 16.9. The summed E-state index contributed by atoms with van der Waals surface area (Å²) in [6.07, 6.45) is 5.77. The van der Waals surface area contributed by atoms with Gasteiger partial charge in [-0.1, -0.05) is 18.2 Å². The van der Waals surface area contributed by atoms with Gasteiger partial charge >= 0.3 is 5.97 Å². The summed E-state index contributed by atoms with van der Waals surface area (Å²) in [5.74, 6) is -0.0791. The molecule has 7 nitrogen and oxygen atoms in total. The van der Waals surface area contributed by atoms with Crippen LogP contribution in [-0.2, 0) is 11.2 Å². The molecule has 0 bridgehead atoms. The van der Waals surface area contributed by atoms with E-state index in [1.165, 1.54) is 0 Å². The van der Waals surface area contributed by atoms with Crippen molar-refractivity contribution in [2.75, 3.05) is 31.1 Å². The second-order valence-electron chi connectivity index (χ2n) is 5.89. The molecule has 0 atom stereocenters. The second kappa shape index (κ2) is 7.74. The summed E-state index contributed by atoms with van der Waals surface area (Å²) in [5.41, 5.74) is 0.962. The quantitative estimate of drug-likeness (QED) is 0.887. The van der Waals surface area contributed by atoms with Crippen LogP contribution in [-0.4, -0.2) is 58.0 Å². The largest absolute Gasteiger partial charge is 0.478 e. The molecule has 2 heterocycles. The van der Waals surface area contributed by atoms with E-state index in [4.69, 9.17) is 0 Å². The fourth-order valence-corrected chi connectivity index (χ4v) is 2.99. The van der Waals surface area contributed by atoms with Crippen LogP contribution in [0.3, 0.4) is 0 Å². The van der Waals surface area contributed by atoms with E-state index in [1.807, 2.05) is 4.90 Å². The maximum Gasteiger partial charge on any atom is 0.335 e. The van der Waals surface area contributed by atoms with Gasteiger partial charge in [0.05, 0.1) is 11.8 Å². The lowest BCUT2D eigenvalue weighted by Crippen LogP contribution is -2.49. The van der Waals surface area contributed by atoms with Gasteiger partial charge in [-0.3, -0.25) is 9.78 Å². The first-order chi connectivity index (χ1) is 12.1. The van der Waals surface area contributed by atoms with Crippen molar-refractivity contribution in [3.8, 4) is 0 Å². The van der Waals surface area contributed by atoms with E-state index in [2.05, 4.69) is 14.9 Å². The van der Waals surface area contributed by atoms with Crippen LogP contribution >= 0.6 is 0 Å². The molecule has 25 heavy (non-hydrogen) atoms. The fraction of sp³-hybridized carbons (Fsp3) is 0.333. The number of rotatable bonds is 5.